The smallest absolute Gasteiger partial charge is 0.423 e. The van der Waals surface area contributed by atoms with Crippen molar-refractivity contribution >= 4 is 23.1 Å². The Bertz CT molecular complexity index is 973. The molecule has 2 aromatic heterocycles. The molecule has 26 heavy (non-hydrogen) atoms. The number of nitrogens with zero attached hydrogens (tertiary/aromatic N) is 2. The number of H-pyrrole nitrogens is 1. The second-order valence-corrected chi connectivity index (χ2v) is 5.89. The third-order valence-electron chi connectivity index (χ3n) is 3.72. The summed E-state index contributed by atoms with van der Waals surface area (Å²) in [7, 11) is 0. The number of anilines is 1. The average molecular weight is 366 g/mol. The molecule has 0 saturated carbocycles. The van der Waals surface area contributed by atoms with Gasteiger partial charge in [0.05, 0.1) is 11.9 Å². The second-order valence-electron chi connectivity index (χ2n) is 5.89. The highest BCUT2D eigenvalue weighted by Gasteiger charge is 2.41. The first kappa shape index (κ1) is 17.7. The van der Waals surface area contributed by atoms with E-state index >= 15 is 0 Å². The van der Waals surface area contributed by atoms with Crippen LogP contribution in [0.25, 0.3) is 11.2 Å². The van der Waals surface area contributed by atoms with Gasteiger partial charge in [0.15, 0.2) is 11.9 Å². The van der Waals surface area contributed by atoms with E-state index in [0.29, 0.717) is 12.2 Å². The molecule has 3 atom stereocenters. The van der Waals surface area contributed by atoms with Gasteiger partial charge in [0.2, 0.25) is 11.5 Å². The van der Waals surface area contributed by atoms with E-state index in [1.165, 1.54) is 6.92 Å². The number of aromatic amines is 1. The molecule has 0 bridgehead atoms. The minimum atomic E-state index is -0.963. The van der Waals surface area contributed by atoms with Gasteiger partial charge in [-0.2, -0.15) is 4.98 Å². The predicted octanol–water partition coefficient (Wildman–Crippen LogP) is 0.0294. The first-order chi connectivity index (χ1) is 12.3. The Morgan fingerprint density at radius 1 is 1.46 bits per heavy atom. The number of aromatic nitrogens is 3. The van der Waals surface area contributed by atoms with Gasteiger partial charge in [-0.25, -0.2) is 9.36 Å². The number of nitrogens with one attached hydrogen (secondary N) is 1. The number of oxazole rings is 1. The van der Waals surface area contributed by atoms with Crippen LogP contribution in [0.5, 0.6) is 0 Å². The van der Waals surface area contributed by atoms with E-state index < -0.39 is 35.7 Å². The zero-order valence-corrected chi connectivity index (χ0v) is 14.2. The Hall–Kier alpha value is -3.08. The summed E-state index contributed by atoms with van der Waals surface area (Å²) in [5.74, 6) is -1.08. The summed E-state index contributed by atoms with van der Waals surface area (Å²) in [5.41, 5.74) is 4.53. The summed E-state index contributed by atoms with van der Waals surface area (Å²) in [6.45, 7) is 6.60. The van der Waals surface area contributed by atoms with Gasteiger partial charge in [-0.15, -0.1) is 0 Å². The molecule has 1 aliphatic heterocycles. The average Bonchev–Trinajstić information content (AvgIpc) is 3.05. The van der Waals surface area contributed by atoms with E-state index in [1.807, 2.05) is 0 Å². The first-order valence-electron chi connectivity index (χ1n) is 7.78. The van der Waals surface area contributed by atoms with Crippen molar-refractivity contribution in [3.63, 3.8) is 0 Å². The molecule has 0 aliphatic carbocycles. The molecule has 0 unspecified atom stereocenters. The fraction of sp³-hybridized carbons (Fsp3) is 0.467. The summed E-state index contributed by atoms with van der Waals surface area (Å²) >= 11 is 0. The summed E-state index contributed by atoms with van der Waals surface area (Å²) in [5, 5.41) is 0. The fourth-order valence-electron chi connectivity index (χ4n) is 2.80. The van der Waals surface area contributed by atoms with Gasteiger partial charge in [0.1, 0.15) is 12.7 Å². The largest absolute Gasteiger partial charge is 0.491 e. The van der Waals surface area contributed by atoms with Crippen LogP contribution in [-0.2, 0) is 19.0 Å². The third kappa shape index (κ3) is 3.33. The number of fused-ring (bicyclic) bond motifs is 1. The minimum absolute atomic E-state index is 0.0113. The van der Waals surface area contributed by atoms with Crippen molar-refractivity contribution in [2.45, 2.75) is 38.7 Å². The summed E-state index contributed by atoms with van der Waals surface area (Å²) < 4.78 is 22.4. The van der Waals surface area contributed by atoms with E-state index in [4.69, 9.17) is 24.4 Å². The van der Waals surface area contributed by atoms with Gasteiger partial charge in [0.25, 0.3) is 5.56 Å². The zero-order valence-electron chi connectivity index (χ0n) is 14.2. The lowest BCUT2D eigenvalue weighted by molar-refractivity contribution is -0.146. The highest BCUT2D eigenvalue weighted by molar-refractivity contribution is 5.68. The lowest BCUT2D eigenvalue weighted by Crippen LogP contribution is -2.29. The quantitative estimate of drug-likeness (QED) is 0.551. The number of hydrogen-bond donors (Lipinski definition) is 2. The molecule has 1 saturated heterocycles. The van der Waals surface area contributed by atoms with Crippen LogP contribution in [0.2, 0.25) is 0 Å². The molecule has 11 heteroatoms. The van der Waals surface area contributed by atoms with Crippen LogP contribution >= 0.6 is 0 Å². The van der Waals surface area contributed by atoms with Gasteiger partial charge in [0, 0.05) is 13.3 Å². The van der Waals surface area contributed by atoms with E-state index in [-0.39, 0.29) is 23.8 Å². The normalized spacial score (nSPS) is 22.5. The minimum Gasteiger partial charge on any atom is -0.491 e. The molecule has 0 aromatic carbocycles. The van der Waals surface area contributed by atoms with Crippen LogP contribution in [0.4, 0.5) is 5.95 Å². The van der Waals surface area contributed by atoms with Crippen LogP contribution < -0.4 is 17.0 Å². The maximum absolute atomic E-state index is 12.3. The van der Waals surface area contributed by atoms with E-state index in [2.05, 4.69) is 16.5 Å². The topological polar surface area (TPSA) is 152 Å². The first-order valence-corrected chi connectivity index (χ1v) is 7.78. The number of nitrogen functional groups attached to an aromatic ring is 1. The highest BCUT2D eigenvalue weighted by atomic mass is 16.6. The maximum atomic E-state index is 12.3. The number of hydrogen-bond acceptors (Lipinski definition) is 9. The van der Waals surface area contributed by atoms with Crippen molar-refractivity contribution in [2.24, 2.45) is 0 Å². The molecule has 3 heterocycles. The molecular formula is C15H18N4O7. The van der Waals surface area contributed by atoms with E-state index in [9.17, 15) is 14.4 Å². The van der Waals surface area contributed by atoms with Crippen LogP contribution in [0, 0.1) is 0 Å². The Kier molecular flexibility index (Phi) is 4.55. The van der Waals surface area contributed by atoms with Gasteiger partial charge in [-0.1, -0.05) is 6.58 Å². The molecule has 1 fully saturated rings. The molecule has 2 aromatic rings. The molecule has 0 spiro atoms. The number of rotatable bonds is 5. The third-order valence-corrected chi connectivity index (χ3v) is 3.72. The van der Waals surface area contributed by atoms with E-state index in [1.54, 1.807) is 6.92 Å². The van der Waals surface area contributed by atoms with Gasteiger partial charge < -0.3 is 24.4 Å². The Morgan fingerprint density at radius 2 is 2.19 bits per heavy atom. The number of carbonyl (C=O) groups is 1. The van der Waals surface area contributed by atoms with Crippen molar-refractivity contribution < 1.29 is 23.4 Å². The summed E-state index contributed by atoms with van der Waals surface area (Å²) in [6, 6.07) is 0. The fourth-order valence-corrected chi connectivity index (χ4v) is 2.80. The lowest BCUT2D eigenvalue weighted by atomic mass is 10.2. The predicted molar refractivity (Wildman–Crippen MR) is 88.1 cm³/mol. The zero-order chi connectivity index (χ0) is 19.0. The van der Waals surface area contributed by atoms with Crippen molar-refractivity contribution in [3.05, 3.63) is 33.2 Å². The molecule has 0 radical (unpaired) electrons. The van der Waals surface area contributed by atoms with Crippen molar-refractivity contribution in [2.75, 3.05) is 12.3 Å². The molecule has 1 aliphatic rings. The van der Waals surface area contributed by atoms with E-state index in [0.717, 1.165) is 4.57 Å². The number of nitrogens with two attached hydrogens (primary N) is 1. The standard InChI is InChI=1S/C15H18N4O7/c1-6(2)24-9-4-8(5-23-7(3)20)25-13(9)19-11-10(26-15(19)22)12(21)18-14(16)17-11/h8-9,13H,1,4-5H2,2-3H3,(H3,16,17,18,21)/t8-,9+,13+/m0/s1. The maximum Gasteiger partial charge on any atom is 0.423 e. The van der Waals surface area contributed by atoms with Crippen molar-refractivity contribution in [1.29, 1.82) is 0 Å². The number of esters is 1. The molecule has 140 valence electrons. The van der Waals surface area contributed by atoms with Crippen LogP contribution in [-0.4, -0.2) is 39.3 Å². The number of ether oxygens (including phenoxy) is 3. The SMILES string of the molecule is C=C(C)O[C@@H]1C[C@@H](COC(C)=O)O[C@H]1n1c(=O)oc2c(=O)[nH]c(N)nc21. The molecule has 11 nitrogen and oxygen atoms in total. The van der Waals surface area contributed by atoms with Crippen molar-refractivity contribution in [1.82, 2.24) is 14.5 Å². The molecule has 3 rings (SSSR count). The van der Waals surface area contributed by atoms with Gasteiger partial charge >= 0.3 is 11.7 Å². The Morgan fingerprint density at radius 3 is 2.85 bits per heavy atom. The monoisotopic (exact) mass is 366 g/mol. The second kappa shape index (κ2) is 6.67. The van der Waals surface area contributed by atoms with Crippen molar-refractivity contribution in [3.8, 4) is 0 Å². The van der Waals surface area contributed by atoms with Gasteiger partial charge in [-0.05, 0) is 6.92 Å². The summed E-state index contributed by atoms with van der Waals surface area (Å²) in [4.78, 5) is 41.5. The molecule has 0 amide bonds. The molecular weight excluding hydrogens is 348 g/mol. The van der Waals surface area contributed by atoms with Crippen LogP contribution in [0.15, 0.2) is 26.3 Å². The number of carbonyl (C=O) groups excluding carboxylic acids is 1. The Balaban J connectivity index is 2.02. The summed E-state index contributed by atoms with van der Waals surface area (Å²) in [6.07, 6.45) is -1.80. The number of allylic oxidation sites excluding steroid dienone is 1. The Labute approximate surface area is 146 Å². The van der Waals surface area contributed by atoms with Crippen LogP contribution in [0.1, 0.15) is 26.5 Å². The van der Waals surface area contributed by atoms with Gasteiger partial charge in [-0.3, -0.25) is 14.6 Å². The van der Waals surface area contributed by atoms with Crippen LogP contribution in [0.3, 0.4) is 0 Å². The molecule has 3 N–H and O–H groups in total. The highest BCUT2D eigenvalue weighted by Crippen LogP contribution is 2.33. The lowest BCUT2D eigenvalue weighted by Gasteiger charge is -2.20.